The molecule has 0 saturated heterocycles. The molecule has 13 heavy (non-hydrogen) atoms. The van der Waals surface area contributed by atoms with Crippen LogP contribution in [0.25, 0.3) is 0 Å². The molecule has 1 aromatic rings. The first kappa shape index (κ1) is 8.30. The van der Waals surface area contributed by atoms with Crippen molar-refractivity contribution in [2.45, 2.75) is 25.4 Å². The number of aldehydes is 1. The molecule has 1 aliphatic rings. The maximum absolute atomic E-state index is 10.3. The van der Waals surface area contributed by atoms with Gasteiger partial charge in [0.25, 0.3) is 0 Å². The summed E-state index contributed by atoms with van der Waals surface area (Å²) in [5.41, 5.74) is 1.25. The van der Waals surface area contributed by atoms with E-state index >= 15 is 0 Å². The van der Waals surface area contributed by atoms with Gasteiger partial charge in [-0.05, 0) is 24.5 Å². The second kappa shape index (κ2) is 3.60. The average Bonchev–Trinajstić information content (AvgIpc) is 2.18. The molecule has 0 amide bonds. The molecule has 0 saturated carbocycles. The summed E-state index contributed by atoms with van der Waals surface area (Å²) in [4.78, 5) is 10.3. The summed E-state index contributed by atoms with van der Waals surface area (Å²) < 4.78 is 5.64. The monoisotopic (exact) mass is 176 g/mol. The van der Waals surface area contributed by atoms with E-state index < -0.39 is 0 Å². The van der Waals surface area contributed by atoms with Crippen LogP contribution in [0.15, 0.2) is 24.3 Å². The van der Waals surface area contributed by atoms with Gasteiger partial charge in [-0.3, -0.25) is 0 Å². The number of benzene rings is 1. The van der Waals surface area contributed by atoms with Crippen molar-refractivity contribution in [2.24, 2.45) is 0 Å². The molecule has 0 fully saturated rings. The topological polar surface area (TPSA) is 26.3 Å². The first-order valence-electron chi connectivity index (χ1n) is 4.58. The van der Waals surface area contributed by atoms with E-state index in [0.29, 0.717) is 6.42 Å². The molecular weight excluding hydrogens is 164 g/mol. The molecule has 0 aromatic heterocycles. The van der Waals surface area contributed by atoms with Crippen molar-refractivity contribution in [1.82, 2.24) is 0 Å². The largest absolute Gasteiger partial charge is 0.490 e. The molecule has 0 N–H and O–H groups in total. The van der Waals surface area contributed by atoms with E-state index in [-0.39, 0.29) is 6.10 Å². The number of hydrogen-bond acceptors (Lipinski definition) is 2. The minimum Gasteiger partial charge on any atom is -0.490 e. The highest BCUT2D eigenvalue weighted by molar-refractivity contribution is 5.50. The van der Waals surface area contributed by atoms with Gasteiger partial charge in [0.1, 0.15) is 18.1 Å². The van der Waals surface area contributed by atoms with E-state index in [1.807, 2.05) is 18.2 Å². The Morgan fingerprint density at radius 3 is 3.15 bits per heavy atom. The van der Waals surface area contributed by atoms with Gasteiger partial charge in [0.05, 0.1) is 0 Å². The fourth-order valence-corrected chi connectivity index (χ4v) is 1.65. The van der Waals surface area contributed by atoms with Crippen molar-refractivity contribution in [1.29, 1.82) is 0 Å². The van der Waals surface area contributed by atoms with Crippen LogP contribution in [0.3, 0.4) is 0 Å². The van der Waals surface area contributed by atoms with Gasteiger partial charge < -0.3 is 9.53 Å². The van der Waals surface area contributed by atoms with Crippen molar-refractivity contribution >= 4 is 6.29 Å². The van der Waals surface area contributed by atoms with Crippen molar-refractivity contribution in [3.63, 3.8) is 0 Å². The van der Waals surface area contributed by atoms with Gasteiger partial charge in [-0.2, -0.15) is 0 Å². The lowest BCUT2D eigenvalue weighted by Crippen LogP contribution is -2.22. The van der Waals surface area contributed by atoms with Crippen LogP contribution in [0.1, 0.15) is 18.4 Å². The Labute approximate surface area is 77.5 Å². The van der Waals surface area contributed by atoms with Gasteiger partial charge in [0.2, 0.25) is 0 Å². The SMILES string of the molecule is O=CCC1CCc2ccccc2O1. The van der Waals surface area contributed by atoms with E-state index in [1.165, 1.54) is 5.56 Å². The summed E-state index contributed by atoms with van der Waals surface area (Å²) in [6.07, 6.45) is 3.50. The van der Waals surface area contributed by atoms with Crippen molar-refractivity contribution in [2.75, 3.05) is 0 Å². The molecule has 68 valence electrons. The maximum Gasteiger partial charge on any atom is 0.123 e. The zero-order valence-corrected chi connectivity index (χ0v) is 7.40. The number of aryl methyl sites for hydroxylation is 1. The second-order valence-corrected chi connectivity index (χ2v) is 3.29. The van der Waals surface area contributed by atoms with Crippen LogP contribution in [0.2, 0.25) is 0 Å². The molecule has 0 aliphatic carbocycles. The smallest absolute Gasteiger partial charge is 0.123 e. The quantitative estimate of drug-likeness (QED) is 0.644. The molecule has 2 rings (SSSR count). The fraction of sp³-hybridized carbons (Fsp3) is 0.364. The minimum atomic E-state index is 0.0902. The molecule has 2 heteroatoms. The van der Waals surface area contributed by atoms with Crippen LogP contribution < -0.4 is 4.74 Å². The zero-order valence-electron chi connectivity index (χ0n) is 7.40. The third-order valence-electron chi connectivity index (χ3n) is 2.36. The Balaban J connectivity index is 2.15. The summed E-state index contributed by atoms with van der Waals surface area (Å²) in [7, 11) is 0. The standard InChI is InChI=1S/C11H12O2/c12-8-7-10-6-5-9-3-1-2-4-11(9)13-10/h1-4,8,10H,5-7H2. The molecule has 0 bridgehead atoms. The van der Waals surface area contributed by atoms with E-state index in [0.717, 1.165) is 24.9 Å². The molecule has 0 radical (unpaired) electrons. The van der Waals surface area contributed by atoms with Gasteiger partial charge in [-0.1, -0.05) is 18.2 Å². The van der Waals surface area contributed by atoms with Crippen LogP contribution in [-0.4, -0.2) is 12.4 Å². The Morgan fingerprint density at radius 2 is 2.31 bits per heavy atom. The number of fused-ring (bicyclic) bond motifs is 1. The van der Waals surface area contributed by atoms with Crippen LogP contribution in [0.5, 0.6) is 5.75 Å². The Morgan fingerprint density at radius 1 is 1.46 bits per heavy atom. The first-order valence-corrected chi connectivity index (χ1v) is 4.58. The summed E-state index contributed by atoms with van der Waals surface area (Å²) >= 11 is 0. The number of ether oxygens (including phenoxy) is 1. The Bertz CT molecular complexity index is 307. The van der Waals surface area contributed by atoms with E-state index in [9.17, 15) is 4.79 Å². The summed E-state index contributed by atoms with van der Waals surface area (Å²) in [5, 5.41) is 0. The molecule has 1 unspecified atom stereocenters. The number of rotatable bonds is 2. The molecule has 2 nitrogen and oxygen atoms in total. The normalized spacial score (nSPS) is 20.2. The van der Waals surface area contributed by atoms with Crippen LogP contribution in [-0.2, 0) is 11.2 Å². The van der Waals surface area contributed by atoms with Gasteiger partial charge in [-0.25, -0.2) is 0 Å². The maximum atomic E-state index is 10.3. The van der Waals surface area contributed by atoms with Gasteiger partial charge >= 0.3 is 0 Å². The van der Waals surface area contributed by atoms with Crippen LogP contribution in [0, 0.1) is 0 Å². The van der Waals surface area contributed by atoms with E-state index in [2.05, 4.69) is 6.07 Å². The number of carbonyl (C=O) groups is 1. The lowest BCUT2D eigenvalue weighted by molar-refractivity contribution is -0.109. The van der Waals surface area contributed by atoms with E-state index in [1.54, 1.807) is 0 Å². The van der Waals surface area contributed by atoms with Crippen molar-refractivity contribution in [3.8, 4) is 5.75 Å². The molecule has 1 atom stereocenters. The van der Waals surface area contributed by atoms with E-state index in [4.69, 9.17) is 4.74 Å². The minimum absolute atomic E-state index is 0.0902. The van der Waals surface area contributed by atoms with Gasteiger partial charge in [-0.15, -0.1) is 0 Å². The molecule has 0 spiro atoms. The predicted octanol–water partition coefficient (Wildman–Crippen LogP) is 1.97. The zero-order chi connectivity index (χ0) is 9.10. The van der Waals surface area contributed by atoms with Crippen LogP contribution in [0.4, 0.5) is 0 Å². The fourth-order valence-electron chi connectivity index (χ4n) is 1.65. The number of para-hydroxylation sites is 1. The highest BCUT2D eigenvalue weighted by Crippen LogP contribution is 2.27. The second-order valence-electron chi connectivity index (χ2n) is 3.29. The highest BCUT2D eigenvalue weighted by atomic mass is 16.5. The molecule has 1 aromatic carbocycles. The third kappa shape index (κ3) is 1.72. The van der Waals surface area contributed by atoms with Crippen LogP contribution >= 0.6 is 0 Å². The lowest BCUT2D eigenvalue weighted by Gasteiger charge is -2.24. The Kier molecular flexibility index (Phi) is 2.30. The lowest BCUT2D eigenvalue weighted by atomic mass is 10.0. The Hall–Kier alpha value is -1.31. The first-order chi connectivity index (χ1) is 6.40. The summed E-state index contributed by atoms with van der Waals surface area (Å²) in [5.74, 6) is 0.945. The average molecular weight is 176 g/mol. The molecule has 1 heterocycles. The molecular formula is C11H12O2. The van der Waals surface area contributed by atoms with Crippen molar-refractivity contribution < 1.29 is 9.53 Å². The third-order valence-corrected chi connectivity index (χ3v) is 2.36. The number of hydrogen-bond donors (Lipinski definition) is 0. The van der Waals surface area contributed by atoms with Crippen molar-refractivity contribution in [3.05, 3.63) is 29.8 Å². The summed E-state index contributed by atoms with van der Waals surface area (Å²) in [6.45, 7) is 0. The summed E-state index contributed by atoms with van der Waals surface area (Å²) in [6, 6.07) is 8.02. The molecule has 1 aliphatic heterocycles. The number of carbonyl (C=O) groups excluding carboxylic acids is 1. The van der Waals surface area contributed by atoms with Gasteiger partial charge in [0, 0.05) is 6.42 Å². The van der Waals surface area contributed by atoms with Gasteiger partial charge in [0.15, 0.2) is 0 Å². The predicted molar refractivity (Wildman–Crippen MR) is 49.9 cm³/mol. The highest BCUT2D eigenvalue weighted by Gasteiger charge is 2.18.